The molecule has 1 aromatic rings. The molecular formula is C12H16BrNS. The van der Waals surface area contributed by atoms with E-state index in [0.29, 0.717) is 5.41 Å². The molecular weight excluding hydrogens is 270 g/mol. The number of rotatable bonds is 5. The van der Waals surface area contributed by atoms with E-state index < -0.39 is 0 Å². The zero-order valence-electron chi connectivity index (χ0n) is 8.71. The molecule has 0 heterocycles. The van der Waals surface area contributed by atoms with Crippen LogP contribution in [0.3, 0.4) is 0 Å². The van der Waals surface area contributed by atoms with Gasteiger partial charge in [-0.2, -0.15) is 0 Å². The Hall–Kier alpha value is 0.01000. The SMILES string of the molecule is NCC1(CCSc2cccc(Br)c2)CC1. The highest BCUT2D eigenvalue weighted by atomic mass is 79.9. The van der Waals surface area contributed by atoms with E-state index in [9.17, 15) is 0 Å². The highest BCUT2D eigenvalue weighted by Gasteiger charge is 2.40. The summed E-state index contributed by atoms with van der Waals surface area (Å²) in [5.41, 5.74) is 6.27. The fourth-order valence-electron chi connectivity index (χ4n) is 1.68. The summed E-state index contributed by atoms with van der Waals surface area (Å²) in [7, 11) is 0. The van der Waals surface area contributed by atoms with Gasteiger partial charge < -0.3 is 5.73 Å². The largest absolute Gasteiger partial charge is 0.330 e. The fourth-order valence-corrected chi connectivity index (χ4v) is 3.38. The van der Waals surface area contributed by atoms with E-state index >= 15 is 0 Å². The van der Waals surface area contributed by atoms with Crippen LogP contribution in [0.15, 0.2) is 33.6 Å². The number of halogens is 1. The lowest BCUT2D eigenvalue weighted by atomic mass is 10.1. The Bertz CT molecular complexity index is 336. The molecule has 1 aliphatic rings. The molecule has 0 radical (unpaired) electrons. The molecule has 0 aliphatic heterocycles. The molecule has 1 aromatic carbocycles. The van der Waals surface area contributed by atoms with Gasteiger partial charge in [-0.15, -0.1) is 11.8 Å². The third-order valence-electron chi connectivity index (χ3n) is 3.09. The van der Waals surface area contributed by atoms with Crippen molar-refractivity contribution in [3.63, 3.8) is 0 Å². The minimum Gasteiger partial charge on any atom is -0.330 e. The van der Waals surface area contributed by atoms with Crippen LogP contribution in [0.25, 0.3) is 0 Å². The predicted octanol–water partition coefficient (Wildman–Crippen LogP) is 3.67. The normalized spacial score (nSPS) is 17.7. The maximum atomic E-state index is 5.76. The Morgan fingerprint density at radius 1 is 1.40 bits per heavy atom. The molecule has 0 bridgehead atoms. The molecule has 1 nitrogen and oxygen atoms in total. The van der Waals surface area contributed by atoms with Crippen LogP contribution in [0.5, 0.6) is 0 Å². The molecule has 1 aliphatic carbocycles. The number of thioether (sulfide) groups is 1. The summed E-state index contributed by atoms with van der Waals surface area (Å²) in [6.07, 6.45) is 3.94. The molecule has 3 heteroatoms. The average molecular weight is 286 g/mol. The zero-order chi connectivity index (χ0) is 10.7. The second kappa shape index (κ2) is 4.89. The van der Waals surface area contributed by atoms with Crippen LogP contribution in [-0.2, 0) is 0 Å². The molecule has 0 unspecified atom stereocenters. The van der Waals surface area contributed by atoms with Crippen molar-refractivity contribution in [2.75, 3.05) is 12.3 Å². The Morgan fingerprint density at radius 3 is 2.80 bits per heavy atom. The van der Waals surface area contributed by atoms with Crippen LogP contribution in [0, 0.1) is 5.41 Å². The van der Waals surface area contributed by atoms with Crippen molar-refractivity contribution in [2.24, 2.45) is 11.1 Å². The standard InChI is InChI=1S/C12H16BrNS/c13-10-2-1-3-11(8-10)15-7-6-12(9-14)4-5-12/h1-3,8H,4-7,9,14H2. The summed E-state index contributed by atoms with van der Waals surface area (Å²) in [5.74, 6) is 1.19. The maximum absolute atomic E-state index is 5.76. The average Bonchev–Trinajstić information content (AvgIpc) is 2.99. The van der Waals surface area contributed by atoms with Crippen molar-refractivity contribution in [1.82, 2.24) is 0 Å². The van der Waals surface area contributed by atoms with Crippen molar-refractivity contribution >= 4 is 27.7 Å². The van der Waals surface area contributed by atoms with Gasteiger partial charge in [-0.05, 0) is 55.2 Å². The predicted molar refractivity (Wildman–Crippen MR) is 70.2 cm³/mol. The molecule has 0 spiro atoms. The number of hydrogen-bond acceptors (Lipinski definition) is 2. The van der Waals surface area contributed by atoms with Crippen LogP contribution >= 0.6 is 27.7 Å². The molecule has 1 fully saturated rings. The van der Waals surface area contributed by atoms with Crippen molar-refractivity contribution in [1.29, 1.82) is 0 Å². The van der Waals surface area contributed by atoms with E-state index in [1.54, 1.807) is 0 Å². The van der Waals surface area contributed by atoms with Gasteiger partial charge in [0.05, 0.1) is 0 Å². The maximum Gasteiger partial charge on any atom is 0.0186 e. The van der Waals surface area contributed by atoms with Gasteiger partial charge in [0.2, 0.25) is 0 Å². The number of hydrogen-bond donors (Lipinski definition) is 1. The molecule has 0 saturated heterocycles. The minimum absolute atomic E-state index is 0.513. The van der Waals surface area contributed by atoms with Crippen molar-refractivity contribution in [3.05, 3.63) is 28.7 Å². The lowest BCUT2D eigenvalue weighted by molar-refractivity contribution is 0.509. The summed E-state index contributed by atoms with van der Waals surface area (Å²) in [6, 6.07) is 8.48. The highest BCUT2D eigenvalue weighted by Crippen LogP contribution is 2.48. The van der Waals surface area contributed by atoms with Gasteiger partial charge in [-0.1, -0.05) is 22.0 Å². The number of benzene rings is 1. The van der Waals surface area contributed by atoms with E-state index in [-0.39, 0.29) is 0 Å². The van der Waals surface area contributed by atoms with Gasteiger partial charge in [0.1, 0.15) is 0 Å². The lowest BCUT2D eigenvalue weighted by Gasteiger charge is -2.11. The van der Waals surface area contributed by atoms with Crippen LogP contribution < -0.4 is 5.73 Å². The van der Waals surface area contributed by atoms with Gasteiger partial charge in [0.25, 0.3) is 0 Å². The number of nitrogens with two attached hydrogens (primary N) is 1. The monoisotopic (exact) mass is 285 g/mol. The molecule has 82 valence electrons. The Balaban J connectivity index is 1.78. The lowest BCUT2D eigenvalue weighted by Crippen LogP contribution is -2.15. The van der Waals surface area contributed by atoms with E-state index in [1.807, 2.05) is 11.8 Å². The molecule has 0 atom stereocenters. The Labute approximate surface area is 104 Å². The van der Waals surface area contributed by atoms with Gasteiger partial charge in [-0.25, -0.2) is 0 Å². The van der Waals surface area contributed by atoms with E-state index in [4.69, 9.17) is 5.73 Å². The van der Waals surface area contributed by atoms with E-state index in [0.717, 1.165) is 11.0 Å². The van der Waals surface area contributed by atoms with Crippen LogP contribution in [0.2, 0.25) is 0 Å². The van der Waals surface area contributed by atoms with Crippen LogP contribution in [0.4, 0.5) is 0 Å². The first-order valence-corrected chi connectivity index (χ1v) is 7.10. The fraction of sp³-hybridized carbons (Fsp3) is 0.500. The first-order valence-electron chi connectivity index (χ1n) is 5.33. The van der Waals surface area contributed by atoms with Gasteiger partial charge in [0.15, 0.2) is 0 Å². The molecule has 15 heavy (non-hydrogen) atoms. The summed E-state index contributed by atoms with van der Waals surface area (Å²) in [4.78, 5) is 1.34. The third kappa shape index (κ3) is 3.23. The van der Waals surface area contributed by atoms with Gasteiger partial charge in [-0.3, -0.25) is 0 Å². The van der Waals surface area contributed by atoms with Crippen molar-refractivity contribution < 1.29 is 0 Å². The molecule has 1 saturated carbocycles. The van der Waals surface area contributed by atoms with Crippen molar-refractivity contribution in [3.8, 4) is 0 Å². The quantitative estimate of drug-likeness (QED) is 0.836. The first kappa shape index (κ1) is 11.5. The summed E-state index contributed by atoms with van der Waals surface area (Å²) >= 11 is 5.42. The molecule has 0 aromatic heterocycles. The highest BCUT2D eigenvalue weighted by molar-refractivity contribution is 9.10. The third-order valence-corrected chi connectivity index (χ3v) is 4.58. The van der Waals surface area contributed by atoms with Crippen molar-refractivity contribution in [2.45, 2.75) is 24.2 Å². The Morgan fingerprint density at radius 2 is 2.20 bits per heavy atom. The molecule has 0 amide bonds. The Kier molecular flexibility index (Phi) is 3.75. The molecule has 2 N–H and O–H groups in total. The summed E-state index contributed by atoms with van der Waals surface area (Å²) in [6.45, 7) is 0.867. The van der Waals surface area contributed by atoms with Crippen LogP contribution in [0.1, 0.15) is 19.3 Å². The van der Waals surface area contributed by atoms with Gasteiger partial charge >= 0.3 is 0 Å². The molecule has 2 rings (SSSR count). The smallest absolute Gasteiger partial charge is 0.0186 e. The summed E-state index contributed by atoms with van der Waals surface area (Å²) < 4.78 is 1.16. The van der Waals surface area contributed by atoms with Crippen LogP contribution in [-0.4, -0.2) is 12.3 Å². The van der Waals surface area contributed by atoms with E-state index in [1.165, 1.54) is 29.9 Å². The second-order valence-corrected chi connectivity index (χ2v) is 6.34. The van der Waals surface area contributed by atoms with Gasteiger partial charge in [0, 0.05) is 9.37 Å². The topological polar surface area (TPSA) is 26.0 Å². The second-order valence-electron chi connectivity index (χ2n) is 4.26. The van der Waals surface area contributed by atoms with E-state index in [2.05, 4.69) is 40.2 Å². The first-order chi connectivity index (χ1) is 7.24. The zero-order valence-corrected chi connectivity index (χ0v) is 11.1. The summed E-state index contributed by atoms with van der Waals surface area (Å²) in [5, 5.41) is 0. The minimum atomic E-state index is 0.513.